The molecule has 1 aliphatic carbocycles. The molecule has 0 bridgehead atoms. The molecular weight excluding hydrogens is 376 g/mol. The van der Waals surface area contributed by atoms with Crippen LogP contribution in [0.15, 0.2) is 22.7 Å². The van der Waals surface area contributed by atoms with Crippen LogP contribution in [-0.2, 0) is 17.9 Å². The molecule has 1 saturated carbocycles. The fourth-order valence-electron chi connectivity index (χ4n) is 2.40. The molecule has 0 unspecified atom stereocenters. The van der Waals surface area contributed by atoms with Crippen LogP contribution in [0.2, 0.25) is 0 Å². The monoisotopic (exact) mass is 387 g/mol. The Kier molecular flexibility index (Phi) is 4.81. The number of hydrogen-bond acceptors (Lipinski definition) is 4. The van der Waals surface area contributed by atoms with Crippen molar-refractivity contribution in [3.63, 3.8) is 0 Å². The first-order valence-electron chi connectivity index (χ1n) is 6.92. The predicted molar refractivity (Wildman–Crippen MR) is 76.7 cm³/mol. The summed E-state index contributed by atoms with van der Waals surface area (Å²) in [5, 5.41) is 3.60. The molecule has 0 atom stereocenters. The number of nitrogens with two attached hydrogens (primary N) is 1. The van der Waals surface area contributed by atoms with Gasteiger partial charge in [-0.3, -0.25) is 0 Å². The van der Waals surface area contributed by atoms with Gasteiger partial charge in [0.15, 0.2) is 5.82 Å². The Labute approximate surface area is 143 Å². The molecule has 2 aromatic rings. The maximum absolute atomic E-state index is 12.9. The summed E-state index contributed by atoms with van der Waals surface area (Å²) in [7, 11) is 0. The molecule has 1 fully saturated rings. The van der Waals surface area contributed by atoms with Gasteiger partial charge in [0.05, 0.1) is 16.7 Å². The fraction of sp³-hybridized carbons (Fsp3) is 0.429. The summed E-state index contributed by atoms with van der Waals surface area (Å²) in [6.45, 7) is 0. The summed E-state index contributed by atoms with van der Waals surface area (Å²) in [5.41, 5.74) is 1.78. The van der Waals surface area contributed by atoms with E-state index in [1.807, 2.05) is 0 Å². The molecule has 0 spiro atoms. The van der Waals surface area contributed by atoms with Gasteiger partial charge in [0.2, 0.25) is 0 Å². The Hall–Kier alpha value is -1.81. The first kappa shape index (κ1) is 19.5. The minimum absolute atomic E-state index is 0. The van der Waals surface area contributed by atoms with E-state index in [1.165, 1.54) is 0 Å². The van der Waals surface area contributed by atoms with Crippen molar-refractivity contribution in [2.45, 2.75) is 37.2 Å². The Morgan fingerprint density at radius 2 is 1.48 bits per heavy atom. The van der Waals surface area contributed by atoms with Crippen LogP contribution >= 0.6 is 12.4 Å². The Balaban J connectivity index is 0.00000225. The number of halogens is 7. The molecule has 0 saturated heterocycles. The van der Waals surface area contributed by atoms with Gasteiger partial charge < -0.3 is 10.3 Å². The van der Waals surface area contributed by atoms with Crippen LogP contribution in [-0.4, -0.2) is 10.1 Å². The highest BCUT2D eigenvalue weighted by Crippen LogP contribution is 2.40. The zero-order chi connectivity index (χ0) is 17.8. The standard InChI is InChI=1S/C14H11F6N3O.ClH/c15-13(16,17)8-4-7(5-9(6-8)14(18,19)20)10-22-11(23-24-10)12(21)2-1-3-12;/h4-6H,1-3,21H2;1H. The molecular formula is C14H12ClF6N3O. The normalized spacial score (nSPS) is 16.9. The topological polar surface area (TPSA) is 64.9 Å². The third kappa shape index (κ3) is 3.74. The van der Waals surface area contributed by atoms with Crippen molar-refractivity contribution in [2.75, 3.05) is 0 Å². The summed E-state index contributed by atoms with van der Waals surface area (Å²) in [6, 6.07) is 1.12. The van der Waals surface area contributed by atoms with Crippen molar-refractivity contribution in [3.05, 3.63) is 35.2 Å². The van der Waals surface area contributed by atoms with E-state index in [9.17, 15) is 26.3 Å². The number of alkyl halides is 6. The van der Waals surface area contributed by atoms with Crippen LogP contribution in [0.5, 0.6) is 0 Å². The van der Waals surface area contributed by atoms with Crippen LogP contribution in [0, 0.1) is 0 Å². The molecule has 1 heterocycles. The van der Waals surface area contributed by atoms with Gasteiger partial charge in [-0.2, -0.15) is 31.3 Å². The van der Waals surface area contributed by atoms with Gasteiger partial charge >= 0.3 is 12.4 Å². The Morgan fingerprint density at radius 1 is 0.960 bits per heavy atom. The highest BCUT2D eigenvalue weighted by atomic mass is 35.5. The van der Waals surface area contributed by atoms with Crippen molar-refractivity contribution in [3.8, 4) is 11.5 Å². The van der Waals surface area contributed by atoms with Crippen LogP contribution in [0.1, 0.15) is 36.2 Å². The SMILES string of the molecule is Cl.NC1(c2noc(-c3cc(C(F)(F)F)cc(C(F)(F)F)c3)n2)CCC1. The molecule has 1 aromatic carbocycles. The quantitative estimate of drug-likeness (QED) is 0.769. The van der Waals surface area contributed by atoms with Gasteiger partial charge in [-0.05, 0) is 37.5 Å². The minimum atomic E-state index is -4.94. The molecule has 1 aliphatic rings. The molecule has 11 heteroatoms. The van der Waals surface area contributed by atoms with Gasteiger partial charge in [-0.15, -0.1) is 12.4 Å². The van der Waals surface area contributed by atoms with Crippen LogP contribution < -0.4 is 5.73 Å². The summed E-state index contributed by atoms with van der Waals surface area (Å²) in [6.07, 6.45) is -7.91. The second-order valence-electron chi connectivity index (χ2n) is 5.73. The summed E-state index contributed by atoms with van der Waals surface area (Å²) < 4.78 is 82.0. The lowest BCUT2D eigenvalue weighted by atomic mass is 9.77. The first-order chi connectivity index (χ1) is 11.0. The van der Waals surface area contributed by atoms with Gasteiger partial charge in [-0.25, -0.2) is 0 Å². The lowest BCUT2D eigenvalue weighted by molar-refractivity contribution is -0.143. The number of aromatic nitrogens is 2. The number of rotatable bonds is 2. The molecule has 4 nitrogen and oxygen atoms in total. The van der Waals surface area contributed by atoms with Crippen molar-refractivity contribution < 1.29 is 30.9 Å². The van der Waals surface area contributed by atoms with Crippen molar-refractivity contribution in [1.29, 1.82) is 0 Å². The van der Waals surface area contributed by atoms with E-state index >= 15 is 0 Å². The number of benzene rings is 1. The van der Waals surface area contributed by atoms with Crippen molar-refractivity contribution >= 4 is 12.4 Å². The minimum Gasteiger partial charge on any atom is -0.334 e. The predicted octanol–water partition coefficient (Wildman–Crippen LogP) is 4.53. The largest absolute Gasteiger partial charge is 0.416 e. The van der Waals surface area contributed by atoms with E-state index in [0.717, 1.165) is 6.42 Å². The van der Waals surface area contributed by atoms with Gasteiger partial charge in [0.25, 0.3) is 5.89 Å². The van der Waals surface area contributed by atoms with E-state index < -0.39 is 40.5 Å². The zero-order valence-electron chi connectivity index (χ0n) is 12.4. The fourth-order valence-corrected chi connectivity index (χ4v) is 2.40. The molecule has 0 amide bonds. The van der Waals surface area contributed by atoms with Crippen LogP contribution in [0.3, 0.4) is 0 Å². The third-order valence-electron chi connectivity index (χ3n) is 3.95. The van der Waals surface area contributed by atoms with E-state index in [0.29, 0.717) is 25.0 Å². The Morgan fingerprint density at radius 3 is 1.88 bits per heavy atom. The average Bonchev–Trinajstić information content (AvgIpc) is 2.92. The third-order valence-corrected chi connectivity index (χ3v) is 3.95. The zero-order valence-corrected chi connectivity index (χ0v) is 13.2. The number of hydrogen-bond donors (Lipinski definition) is 1. The molecule has 138 valence electrons. The second-order valence-corrected chi connectivity index (χ2v) is 5.73. The molecule has 25 heavy (non-hydrogen) atoms. The summed E-state index contributed by atoms with van der Waals surface area (Å²) in [5.74, 6) is -0.354. The maximum atomic E-state index is 12.9. The smallest absolute Gasteiger partial charge is 0.334 e. The first-order valence-corrected chi connectivity index (χ1v) is 6.92. The lowest BCUT2D eigenvalue weighted by Gasteiger charge is -2.34. The van der Waals surface area contributed by atoms with Crippen LogP contribution in [0.4, 0.5) is 26.3 Å². The van der Waals surface area contributed by atoms with E-state index in [1.54, 1.807) is 0 Å². The summed E-state index contributed by atoms with van der Waals surface area (Å²) in [4.78, 5) is 3.88. The highest BCUT2D eigenvalue weighted by Gasteiger charge is 2.40. The average molecular weight is 388 g/mol. The van der Waals surface area contributed by atoms with Gasteiger partial charge in [0.1, 0.15) is 0 Å². The van der Waals surface area contributed by atoms with Gasteiger partial charge in [-0.1, -0.05) is 5.16 Å². The highest BCUT2D eigenvalue weighted by molar-refractivity contribution is 5.85. The second kappa shape index (κ2) is 6.17. The van der Waals surface area contributed by atoms with E-state index in [-0.39, 0.29) is 24.3 Å². The van der Waals surface area contributed by atoms with Crippen molar-refractivity contribution in [2.24, 2.45) is 5.73 Å². The maximum Gasteiger partial charge on any atom is 0.416 e. The summed E-state index contributed by atoms with van der Waals surface area (Å²) >= 11 is 0. The lowest BCUT2D eigenvalue weighted by Crippen LogP contribution is -2.44. The van der Waals surface area contributed by atoms with Crippen LogP contribution in [0.25, 0.3) is 11.5 Å². The van der Waals surface area contributed by atoms with Crippen molar-refractivity contribution in [1.82, 2.24) is 10.1 Å². The number of nitrogens with zero attached hydrogens (tertiary/aromatic N) is 2. The van der Waals surface area contributed by atoms with E-state index in [2.05, 4.69) is 10.1 Å². The molecule has 0 radical (unpaired) electrons. The molecule has 3 rings (SSSR count). The Bertz CT molecular complexity index is 734. The van der Waals surface area contributed by atoms with Gasteiger partial charge in [0, 0.05) is 5.56 Å². The van der Waals surface area contributed by atoms with E-state index in [4.69, 9.17) is 10.3 Å². The molecule has 2 N–H and O–H groups in total. The molecule has 0 aliphatic heterocycles. The molecule has 1 aromatic heterocycles.